The number of methoxy groups -OCH3 is 1. The molecule has 4 heteroatoms. The number of aliphatic hydroxyl groups excluding tert-OH is 1. The van der Waals surface area contributed by atoms with Crippen LogP contribution in [0.5, 0.6) is 0 Å². The highest BCUT2D eigenvalue weighted by atomic mass is 16.5. The van der Waals surface area contributed by atoms with Crippen molar-refractivity contribution in [2.75, 3.05) is 13.7 Å². The van der Waals surface area contributed by atoms with Crippen LogP contribution in [-0.2, 0) is 4.74 Å². The van der Waals surface area contributed by atoms with Crippen molar-refractivity contribution in [1.82, 2.24) is 0 Å². The Morgan fingerprint density at radius 3 is 3.08 bits per heavy atom. The first-order chi connectivity index (χ1) is 6.33. The molecule has 1 N–H and O–H groups in total. The van der Waals surface area contributed by atoms with E-state index in [1.165, 1.54) is 0 Å². The van der Waals surface area contributed by atoms with Crippen molar-refractivity contribution < 1.29 is 9.84 Å². The van der Waals surface area contributed by atoms with Gasteiger partial charge in [0, 0.05) is 12.3 Å². The summed E-state index contributed by atoms with van der Waals surface area (Å²) in [6.45, 7) is -0.0238. The van der Waals surface area contributed by atoms with Gasteiger partial charge in [0.1, 0.15) is 6.04 Å². The maximum atomic E-state index is 8.86. The zero-order valence-electron chi connectivity index (χ0n) is 7.27. The van der Waals surface area contributed by atoms with E-state index in [1.807, 2.05) is 12.2 Å². The summed E-state index contributed by atoms with van der Waals surface area (Å²) in [7, 11) is 1.58. The summed E-state index contributed by atoms with van der Waals surface area (Å²) in [5, 5.41) is 8.86. The molecule has 0 aliphatic carbocycles. The Morgan fingerprint density at radius 1 is 1.54 bits per heavy atom. The van der Waals surface area contributed by atoms with Crippen LogP contribution in [0.15, 0.2) is 33.6 Å². The lowest BCUT2D eigenvalue weighted by molar-refractivity contribution is 0.287. The molecule has 0 amide bonds. The number of aliphatic imine (C=N–C) groups is 2. The molecule has 68 valence electrons. The molecule has 0 saturated carbocycles. The number of ether oxygens (including phenoxy) is 1. The molecular formula is C9H10N2O2. The standard InChI is InChI=1S/C9H10N2O2/c1-13-9-3-6-2-7(5-12)11-8(6)4-10-9/h2-4,8,12H,5H2,1H3/t8-/m0/s1. The van der Waals surface area contributed by atoms with Crippen LogP contribution in [0.4, 0.5) is 0 Å². The topological polar surface area (TPSA) is 54.2 Å². The second-order valence-electron chi connectivity index (χ2n) is 2.83. The van der Waals surface area contributed by atoms with Crippen molar-refractivity contribution in [3.05, 3.63) is 23.6 Å². The second kappa shape index (κ2) is 3.14. The molecule has 0 fully saturated rings. The minimum Gasteiger partial charge on any atom is -0.481 e. The fraction of sp³-hybridized carbons (Fsp3) is 0.333. The third kappa shape index (κ3) is 1.40. The number of aliphatic hydroxyl groups is 1. The summed E-state index contributed by atoms with van der Waals surface area (Å²) >= 11 is 0. The van der Waals surface area contributed by atoms with E-state index in [0.717, 1.165) is 5.57 Å². The highest BCUT2D eigenvalue weighted by Crippen LogP contribution is 2.21. The smallest absolute Gasteiger partial charge is 0.213 e. The lowest BCUT2D eigenvalue weighted by atomic mass is 10.1. The van der Waals surface area contributed by atoms with E-state index in [9.17, 15) is 0 Å². The predicted octanol–water partition coefficient (Wildman–Crippen LogP) is 0.301. The molecule has 2 aliphatic rings. The van der Waals surface area contributed by atoms with Crippen molar-refractivity contribution in [1.29, 1.82) is 0 Å². The Hall–Kier alpha value is -1.42. The van der Waals surface area contributed by atoms with Gasteiger partial charge >= 0.3 is 0 Å². The number of hydrogen-bond donors (Lipinski definition) is 1. The first-order valence-corrected chi connectivity index (χ1v) is 4.02. The van der Waals surface area contributed by atoms with Gasteiger partial charge in [-0.2, -0.15) is 0 Å². The molecule has 0 bridgehead atoms. The molecule has 2 aliphatic heterocycles. The van der Waals surface area contributed by atoms with Crippen LogP contribution in [0.2, 0.25) is 0 Å². The quantitative estimate of drug-likeness (QED) is 0.661. The Bertz CT molecular complexity index is 340. The van der Waals surface area contributed by atoms with Gasteiger partial charge in [-0.1, -0.05) is 0 Å². The first kappa shape index (κ1) is 8.19. The maximum absolute atomic E-state index is 8.86. The molecule has 1 atom stereocenters. The molecule has 13 heavy (non-hydrogen) atoms. The Kier molecular flexibility index (Phi) is 1.98. The van der Waals surface area contributed by atoms with Crippen molar-refractivity contribution in [2.24, 2.45) is 9.98 Å². The average Bonchev–Trinajstić information content (AvgIpc) is 2.58. The fourth-order valence-corrected chi connectivity index (χ4v) is 1.34. The van der Waals surface area contributed by atoms with Crippen LogP contribution >= 0.6 is 0 Å². The van der Waals surface area contributed by atoms with Gasteiger partial charge in [-0.15, -0.1) is 0 Å². The normalized spacial score (nSPS) is 24.8. The third-order valence-corrected chi connectivity index (χ3v) is 1.98. The van der Waals surface area contributed by atoms with E-state index >= 15 is 0 Å². The molecule has 2 heterocycles. The summed E-state index contributed by atoms with van der Waals surface area (Å²) < 4.78 is 4.98. The summed E-state index contributed by atoms with van der Waals surface area (Å²) in [6, 6.07) is -0.0268. The van der Waals surface area contributed by atoms with E-state index in [2.05, 4.69) is 9.98 Å². The minimum atomic E-state index is -0.0268. The minimum absolute atomic E-state index is 0.0238. The van der Waals surface area contributed by atoms with E-state index in [4.69, 9.17) is 9.84 Å². The van der Waals surface area contributed by atoms with E-state index in [1.54, 1.807) is 13.3 Å². The average molecular weight is 178 g/mol. The van der Waals surface area contributed by atoms with Crippen molar-refractivity contribution >= 4 is 11.9 Å². The zero-order valence-corrected chi connectivity index (χ0v) is 7.27. The van der Waals surface area contributed by atoms with E-state index in [-0.39, 0.29) is 12.6 Å². The van der Waals surface area contributed by atoms with Crippen LogP contribution in [0.1, 0.15) is 0 Å². The van der Waals surface area contributed by atoms with Gasteiger partial charge in [-0.25, -0.2) is 4.99 Å². The molecule has 0 aromatic carbocycles. The van der Waals surface area contributed by atoms with Gasteiger partial charge in [0.25, 0.3) is 0 Å². The second-order valence-corrected chi connectivity index (χ2v) is 2.83. The van der Waals surface area contributed by atoms with Crippen molar-refractivity contribution in [3.8, 4) is 0 Å². The van der Waals surface area contributed by atoms with Crippen LogP contribution in [-0.4, -0.2) is 36.8 Å². The molecular weight excluding hydrogens is 168 g/mol. The van der Waals surface area contributed by atoms with Crippen molar-refractivity contribution in [3.63, 3.8) is 0 Å². The number of rotatable bonds is 2. The van der Waals surface area contributed by atoms with Crippen molar-refractivity contribution in [2.45, 2.75) is 6.04 Å². The van der Waals surface area contributed by atoms with Gasteiger partial charge in [0.2, 0.25) is 5.88 Å². The largest absolute Gasteiger partial charge is 0.481 e. The summed E-state index contributed by atoms with van der Waals surface area (Å²) in [5.74, 6) is 0.580. The highest BCUT2D eigenvalue weighted by Gasteiger charge is 2.20. The Morgan fingerprint density at radius 2 is 2.38 bits per heavy atom. The molecule has 0 radical (unpaired) electrons. The first-order valence-electron chi connectivity index (χ1n) is 4.02. The van der Waals surface area contributed by atoms with E-state index < -0.39 is 0 Å². The van der Waals surface area contributed by atoms with Crippen LogP contribution < -0.4 is 0 Å². The Labute approximate surface area is 76.0 Å². The molecule has 0 aromatic heterocycles. The zero-order chi connectivity index (χ0) is 9.26. The molecule has 2 rings (SSSR count). The maximum Gasteiger partial charge on any atom is 0.213 e. The summed E-state index contributed by atoms with van der Waals surface area (Å²) in [4.78, 5) is 8.27. The van der Waals surface area contributed by atoms with Gasteiger partial charge in [0.05, 0.1) is 19.4 Å². The van der Waals surface area contributed by atoms with E-state index in [0.29, 0.717) is 11.6 Å². The predicted molar refractivity (Wildman–Crippen MR) is 50.0 cm³/mol. The van der Waals surface area contributed by atoms with Gasteiger partial charge < -0.3 is 9.84 Å². The van der Waals surface area contributed by atoms with Gasteiger partial charge in [0.15, 0.2) is 0 Å². The molecule has 0 aromatic rings. The fourth-order valence-electron chi connectivity index (χ4n) is 1.34. The molecule has 0 spiro atoms. The van der Waals surface area contributed by atoms with Gasteiger partial charge in [-0.05, 0) is 11.6 Å². The third-order valence-electron chi connectivity index (χ3n) is 1.98. The van der Waals surface area contributed by atoms with Gasteiger partial charge in [-0.3, -0.25) is 4.99 Å². The molecule has 4 nitrogen and oxygen atoms in total. The van der Waals surface area contributed by atoms with Crippen LogP contribution in [0.25, 0.3) is 0 Å². The number of fused-ring (bicyclic) bond motifs is 1. The molecule has 0 unspecified atom stereocenters. The highest BCUT2D eigenvalue weighted by molar-refractivity contribution is 6.02. The SMILES string of the molecule is COC1=CC2=CC(CO)=N[C@H]2C=N1. The summed E-state index contributed by atoms with van der Waals surface area (Å²) in [6.07, 6.45) is 5.40. The molecule has 0 saturated heterocycles. The lowest BCUT2D eigenvalue weighted by Crippen LogP contribution is -2.10. The number of hydrogen-bond acceptors (Lipinski definition) is 4. The number of nitrogens with zero attached hydrogens (tertiary/aromatic N) is 2. The lowest BCUT2D eigenvalue weighted by Gasteiger charge is -2.10. The van der Waals surface area contributed by atoms with Crippen LogP contribution in [0, 0.1) is 0 Å². The monoisotopic (exact) mass is 178 g/mol. The Balaban J connectivity index is 2.26. The summed E-state index contributed by atoms with van der Waals surface area (Å²) in [5.41, 5.74) is 1.72. The van der Waals surface area contributed by atoms with Crippen LogP contribution in [0.3, 0.4) is 0 Å².